The third kappa shape index (κ3) is 3.26. The zero-order valence-corrected chi connectivity index (χ0v) is 18.5. The van der Waals surface area contributed by atoms with Gasteiger partial charge in [0.2, 0.25) is 5.91 Å². The fourth-order valence-electron chi connectivity index (χ4n) is 7.95. The van der Waals surface area contributed by atoms with Gasteiger partial charge in [0.25, 0.3) is 0 Å². The van der Waals surface area contributed by atoms with Gasteiger partial charge in [-0.1, -0.05) is 25.5 Å². The standard InChI is InChI=1S/C25H41NO2/c1-24-15-13-22-20(10-8-18-16-19(27)12-14-25(18,22)2)21(24)11-9-17(24)6-5-7-23(28)26(3)4/h8,17,19-22,27H,5-7,9-16H2,1-4H3/t17-,19-,20-,21-,22-,24+,25-/m0/s1. The summed E-state index contributed by atoms with van der Waals surface area (Å²) >= 11 is 0. The topological polar surface area (TPSA) is 40.5 Å². The number of carbonyl (C=O) groups excluding carboxylic acids is 1. The van der Waals surface area contributed by atoms with Crippen LogP contribution in [0, 0.1) is 34.5 Å². The average molecular weight is 388 g/mol. The van der Waals surface area contributed by atoms with Crippen LogP contribution in [0.25, 0.3) is 0 Å². The molecule has 0 spiro atoms. The fourth-order valence-corrected chi connectivity index (χ4v) is 7.95. The third-order valence-electron chi connectivity index (χ3n) is 9.72. The Kier molecular flexibility index (Phi) is 5.44. The van der Waals surface area contributed by atoms with E-state index in [2.05, 4.69) is 19.9 Å². The summed E-state index contributed by atoms with van der Waals surface area (Å²) in [6.07, 6.45) is 15.3. The second kappa shape index (κ2) is 7.45. The third-order valence-corrected chi connectivity index (χ3v) is 9.72. The van der Waals surface area contributed by atoms with Gasteiger partial charge in [0, 0.05) is 20.5 Å². The molecule has 1 amide bonds. The van der Waals surface area contributed by atoms with Crippen LogP contribution in [-0.4, -0.2) is 36.1 Å². The van der Waals surface area contributed by atoms with Crippen LogP contribution >= 0.6 is 0 Å². The smallest absolute Gasteiger partial charge is 0.222 e. The van der Waals surface area contributed by atoms with Crippen molar-refractivity contribution in [3.8, 4) is 0 Å². The quantitative estimate of drug-likeness (QED) is 0.675. The van der Waals surface area contributed by atoms with E-state index in [9.17, 15) is 9.90 Å². The van der Waals surface area contributed by atoms with Crippen molar-refractivity contribution in [1.82, 2.24) is 4.90 Å². The Morgan fingerprint density at radius 3 is 2.68 bits per heavy atom. The Morgan fingerprint density at radius 1 is 1.14 bits per heavy atom. The molecule has 3 nitrogen and oxygen atoms in total. The number of hydrogen-bond acceptors (Lipinski definition) is 2. The number of carbonyl (C=O) groups is 1. The van der Waals surface area contributed by atoms with Gasteiger partial charge >= 0.3 is 0 Å². The molecule has 0 aromatic heterocycles. The summed E-state index contributed by atoms with van der Waals surface area (Å²) in [5.41, 5.74) is 2.41. The van der Waals surface area contributed by atoms with Crippen molar-refractivity contribution in [3.63, 3.8) is 0 Å². The van der Waals surface area contributed by atoms with E-state index in [1.165, 1.54) is 44.9 Å². The first kappa shape index (κ1) is 20.4. The molecular weight excluding hydrogens is 346 g/mol. The maximum Gasteiger partial charge on any atom is 0.222 e. The van der Waals surface area contributed by atoms with E-state index < -0.39 is 0 Å². The summed E-state index contributed by atoms with van der Waals surface area (Å²) in [5, 5.41) is 10.2. The molecule has 0 aromatic rings. The number of rotatable bonds is 4. The Labute approximate surface area is 172 Å². The number of fused-ring (bicyclic) bond motifs is 5. The Balaban J connectivity index is 1.45. The van der Waals surface area contributed by atoms with E-state index in [4.69, 9.17) is 0 Å². The van der Waals surface area contributed by atoms with E-state index in [1.54, 1.807) is 10.5 Å². The van der Waals surface area contributed by atoms with Gasteiger partial charge in [-0.05, 0) is 98.7 Å². The van der Waals surface area contributed by atoms with E-state index in [0.717, 1.165) is 42.9 Å². The predicted molar refractivity (Wildman–Crippen MR) is 114 cm³/mol. The van der Waals surface area contributed by atoms with Crippen LogP contribution in [0.5, 0.6) is 0 Å². The minimum atomic E-state index is -0.106. The van der Waals surface area contributed by atoms with E-state index in [1.807, 2.05) is 14.1 Å². The van der Waals surface area contributed by atoms with Crippen LogP contribution in [0.2, 0.25) is 0 Å². The van der Waals surface area contributed by atoms with Crippen LogP contribution in [0.3, 0.4) is 0 Å². The molecule has 3 heteroatoms. The summed E-state index contributed by atoms with van der Waals surface area (Å²) < 4.78 is 0. The molecule has 0 aromatic carbocycles. The van der Waals surface area contributed by atoms with Gasteiger partial charge in [-0.15, -0.1) is 0 Å². The molecule has 4 aliphatic carbocycles. The van der Waals surface area contributed by atoms with Gasteiger partial charge in [-0.2, -0.15) is 0 Å². The summed E-state index contributed by atoms with van der Waals surface area (Å²) in [5.74, 6) is 3.62. The van der Waals surface area contributed by atoms with Gasteiger partial charge in [0.05, 0.1) is 6.10 Å². The highest BCUT2D eigenvalue weighted by molar-refractivity contribution is 5.75. The SMILES string of the molecule is CN(C)C(=O)CCC[C@H]1CC[C@H]2[C@@H]3CC=C4C[C@@H](O)CC[C@]4(C)[C@H]3CC[C@]12C. The Bertz CT molecular complexity index is 640. The van der Waals surface area contributed by atoms with Crippen LogP contribution in [0.15, 0.2) is 11.6 Å². The van der Waals surface area contributed by atoms with Gasteiger partial charge in [0.15, 0.2) is 0 Å². The van der Waals surface area contributed by atoms with Gasteiger partial charge in [-0.3, -0.25) is 4.79 Å². The summed E-state index contributed by atoms with van der Waals surface area (Å²) in [4.78, 5) is 13.7. The number of nitrogens with zero attached hydrogens (tertiary/aromatic N) is 1. The van der Waals surface area contributed by atoms with Gasteiger partial charge in [0.1, 0.15) is 0 Å². The van der Waals surface area contributed by atoms with Gasteiger partial charge < -0.3 is 10.0 Å². The lowest BCUT2D eigenvalue weighted by atomic mass is 9.47. The second-order valence-electron chi connectivity index (χ2n) is 11.2. The van der Waals surface area contributed by atoms with Crippen molar-refractivity contribution >= 4 is 5.91 Å². The van der Waals surface area contributed by atoms with Crippen LogP contribution in [0.4, 0.5) is 0 Å². The molecule has 4 rings (SSSR count). The molecule has 7 atom stereocenters. The van der Waals surface area contributed by atoms with Crippen LogP contribution in [0.1, 0.15) is 84.5 Å². The molecule has 4 aliphatic rings. The number of hydrogen-bond donors (Lipinski definition) is 1. The molecule has 0 unspecified atom stereocenters. The minimum Gasteiger partial charge on any atom is -0.393 e. The van der Waals surface area contributed by atoms with Crippen LogP contribution in [-0.2, 0) is 4.79 Å². The lowest BCUT2D eigenvalue weighted by Gasteiger charge is -2.58. The molecule has 0 aliphatic heterocycles. The van der Waals surface area contributed by atoms with Crippen molar-refractivity contribution in [1.29, 1.82) is 0 Å². The number of aliphatic hydroxyl groups excluding tert-OH is 1. The van der Waals surface area contributed by atoms with Crippen LogP contribution < -0.4 is 0 Å². The van der Waals surface area contributed by atoms with Crippen molar-refractivity contribution in [2.45, 2.75) is 90.6 Å². The van der Waals surface area contributed by atoms with E-state index in [-0.39, 0.29) is 12.0 Å². The maximum atomic E-state index is 12.0. The first-order valence-corrected chi connectivity index (χ1v) is 11.8. The zero-order valence-electron chi connectivity index (χ0n) is 18.5. The molecule has 0 bridgehead atoms. The van der Waals surface area contributed by atoms with Gasteiger partial charge in [-0.25, -0.2) is 0 Å². The fraction of sp³-hybridized carbons (Fsp3) is 0.880. The monoisotopic (exact) mass is 387 g/mol. The van der Waals surface area contributed by atoms with Crippen molar-refractivity contribution < 1.29 is 9.90 Å². The molecular formula is C25H41NO2. The number of allylic oxidation sites excluding steroid dienone is 1. The highest BCUT2D eigenvalue weighted by Crippen LogP contribution is 2.66. The molecule has 0 heterocycles. The molecule has 3 saturated carbocycles. The lowest BCUT2D eigenvalue weighted by Crippen LogP contribution is -2.50. The highest BCUT2D eigenvalue weighted by atomic mass is 16.3. The normalized spacial score (nSPS) is 44.9. The summed E-state index contributed by atoms with van der Waals surface area (Å²) in [6, 6.07) is 0. The Morgan fingerprint density at radius 2 is 1.93 bits per heavy atom. The number of aliphatic hydroxyl groups is 1. The largest absolute Gasteiger partial charge is 0.393 e. The highest BCUT2D eigenvalue weighted by Gasteiger charge is 2.58. The molecule has 0 saturated heterocycles. The first-order chi connectivity index (χ1) is 13.3. The molecule has 28 heavy (non-hydrogen) atoms. The summed E-state index contributed by atoms with van der Waals surface area (Å²) in [7, 11) is 3.73. The average Bonchev–Trinajstić information content (AvgIpc) is 2.99. The maximum absolute atomic E-state index is 12.0. The molecule has 1 N–H and O–H groups in total. The second-order valence-corrected chi connectivity index (χ2v) is 11.2. The van der Waals surface area contributed by atoms with Crippen molar-refractivity contribution in [3.05, 3.63) is 11.6 Å². The van der Waals surface area contributed by atoms with Crippen molar-refractivity contribution in [2.75, 3.05) is 14.1 Å². The molecule has 158 valence electrons. The molecule has 0 radical (unpaired) electrons. The Hall–Kier alpha value is -0.830. The number of amides is 1. The molecule has 3 fully saturated rings. The summed E-state index contributed by atoms with van der Waals surface area (Å²) in [6.45, 7) is 5.11. The first-order valence-electron chi connectivity index (χ1n) is 11.8. The minimum absolute atomic E-state index is 0.106. The predicted octanol–water partition coefficient (Wildman–Crippen LogP) is 5.18. The van der Waals surface area contributed by atoms with E-state index in [0.29, 0.717) is 17.3 Å². The van der Waals surface area contributed by atoms with E-state index >= 15 is 0 Å². The zero-order chi connectivity index (χ0) is 20.1. The van der Waals surface area contributed by atoms with Crippen molar-refractivity contribution in [2.24, 2.45) is 34.5 Å². The lowest BCUT2D eigenvalue weighted by molar-refractivity contribution is -0.128.